The predicted molar refractivity (Wildman–Crippen MR) is 141 cm³/mol. The lowest BCUT2D eigenvalue weighted by molar-refractivity contribution is -0.153. The molecule has 0 saturated heterocycles. The fraction of sp³-hybridized carbons (Fsp3) is 0.481. The molecule has 3 aliphatic carbocycles. The molecule has 4 rings (SSSR count). The van der Waals surface area contributed by atoms with E-state index in [0.717, 1.165) is 0 Å². The summed E-state index contributed by atoms with van der Waals surface area (Å²) in [7, 11) is 3.09. The van der Waals surface area contributed by atoms with E-state index in [1.54, 1.807) is 20.2 Å². The van der Waals surface area contributed by atoms with Crippen LogP contribution in [0.5, 0.6) is 5.75 Å². The Hall–Kier alpha value is -3.74. The minimum Gasteiger partial charge on any atom is -0.508 e. The smallest absolute Gasteiger partial charge is 0.255 e. The molecule has 0 heterocycles. The van der Waals surface area contributed by atoms with Gasteiger partial charge in [-0.1, -0.05) is 19.9 Å². The standard InChI is InChI=1S/C27H34N4O8/c1-5-31(6-2)11-16(32)29-15-8-7-12-9-13-10-14-20(30(3)4)23(35)19(26(28)38)25(37)27(14,39)24(36)18(13)22(34)17(12)21(15)33/h7-8,13-14,20,33-34,37,39H,5-6,9-11H2,1-4H3,(H2,28,38)(H,29,32)/t13?,14?,20-,27-/m0/s1. The van der Waals surface area contributed by atoms with E-state index >= 15 is 0 Å². The number of nitrogens with zero attached hydrogens (tertiary/aromatic N) is 2. The van der Waals surface area contributed by atoms with Crippen molar-refractivity contribution in [3.63, 3.8) is 0 Å². The van der Waals surface area contributed by atoms with Crippen molar-refractivity contribution in [3.05, 3.63) is 40.2 Å². The molecule has 1 saturated carbocycles. The number of carbonyl (C=O) groups excluding carboxylic acids is 4. The zero-order valence-corrected chi connectivity index (χ0v) is 22.3. The van der Waals surface area contributed by atoms with Crippen LogP contribution in [0.3, 0.4) is 0 Å². The van der Waals surface area contributed by atoms with Crippen LogP contribution >= 0.6 is 0 Å². The highest BCUT2D eigenvalue weighted by Crippen LogP contribution is 2.53. The highest BCUT2D eigenvalue weighted by atomic mass is 16.3. The number of anilines is 1. The SMILES string of the molecule is CCN(CC)CC(=O)Nc1ccc2c(c1O)C(O)=C1C(=O)[C@]3(O)C(O)=C(C(N)=O)C(=O)[C@@H](N(C)C)C3CC1C2. The van der Waals surface area contributed by atoms with E-state index in [9.17, 15) is 39.6 Å². The molecule has 1 aromatic rings. The molecular formula is C27H34N4O8. The highest BCUT2D eigenvalue weighted by Gasteiger charge is 2.64. The minimum atomic E-state index is -2.70. The zero-order chi connectivity index (χ0) is 29.0. The highest BCUT2D eigenvalue weighted by molar-refractivity contribution is 6.24. The Balaban J connectivity index is 1.81. The molecule has 39 heavy (non-hydrogen) atoms. The molecule has 4 atom stereocenters. The van der Waals surface area contributed by atoms with Crippen LogP contribution in [-0.2, 0) is 25.6 Å². The lowest BCUT2D eigenvalue weighted by Crippen LogP contribution is -2.65. The van der Waals surface area contributed by atoms with Crippen molar-refractivity contribution in [3.8, 4) is 5.75 Å². The van der Waals surface area contributed by atoms with Gasteiger partial charge in [-0.25, -0.2) is 0 Å². The summed E-state index contributed by atoms with van der Waals surface area (Å²) in [6.07, 6.45) is 0.185. The second kappa shape index (κ2) is 10.1. The number of nitrogens with one attached hydrogen (secondary N) is 1. The number of aliphatic hydroxyl groups is 3. The second-order valence-electron chi connectivity index (χ2n) is 10.5. The molecule has 3 aliphatic rings. The van der Waals surface area contributed by atoms with Gasteiger partial charge in [-0.15, -0.1) is 0 Å². The van der Waals surface area contributed by atoms with Gasteiger partial charge in [0.2, 0.25) is 11.7 Å². The summed E-state index contributed by atoms with van der Waals surface area (Å²) in [6, 6.07) is 1.99. The lowest BCUT2D eigenvalue weighted by atomic mass is 9.57. The van der Waals surface area contributed by atoms with Gasteiger partial charge in [-0.2, -0.15) is 0 Å². The van der Waals surface area contributed by atoms with Crippen molar-refractivity contribution in [2.75, 3.05) is 39.0 Å². The van der Waals surface area contributed by atoms with Crippen molar-refractivity contribution < 1.29 is 39.6 Å². The van der Waals surface area contributed by atoms with E-state index in [1.807, 2.05) is 18.7 Å². The van der Waals surface area contributed by atoms with Crippen LogP contribution in [0.1, 0.15) is 31.4 Å². The van der Waals surface area contributed by atoms with Crippen LogP contribution in [0.4, 0.5) is 5.69 Å². The topological polar surface area (TPSA) is 194 Å². The number of likely N-dealkylation sites (N-methyl/N-ethyl adjacent to an activating group) is 2. The van der Waals surface area contributed by atoms with Crippen molar-refractivity contribution in [1.29, 1.82) is 0 Å². The first-order valence-electron chi connectivity index (χ1n) is 12.8. The van der Waals surface area contributed by atoms with Crippen LogP contribution in [0, 0.1) is 11.8 Å². The average Bonchev–Trinajstić information content (AvgIpc) is 2.86. The molecule has 2 unspecified atom stereocenters. The van der Waals surface area contributed by atoms with Gasteiger partial charge in [0.05, 0.1) is 23.8 Å². The van der Waals surface area contributed by atoms with Gasteiger partial charge in [-0.3, -0.25) is 29.0 Å². The first-order valence-corrected chi connectivity index (χ1v) is 12.8. The molecule has 12 heteroatoms. The molecule has 0 spiro atoms. The Labute approximate surface area is 225 Å². The van der Waals surface area contributed by atoms with Gasteiger partial charge in [-0.05, 0) is 57.6 Å². The van der Waals surface area contributed by atoms with Crippen LogP contribution in [0.2, 0.25) is 0 Å². The van der Waals surface area contributed by atoms with E-state index in [2.05, 4.69) is 5.32 Å². The second-order valence-corrected chi connectivity index (χ2v) is 10.5. The summed E-state index contributed by atoms with van der Waals surface area (Å²) in [4.78, 5) is 54.9. The van der Waals surface area contributed by atoms with Gasteiger partial charge in [0.15, 0.2) is 11.4 Å². The number of hydrogen-bond donors (Lipinski definition) is 6. The summed E-state index contributed by atoms with van der Waals surface area (Å²) in [6.45, 7) is 5.22. The van der Waals surface area contributed by atoms with E-state index < -0.39 is 63.8 Å². The van der Waals surface area contributed by atoms with Crippen LogP contribution in [-0.4, -0.2) is 99.0 Å². The number of carbonyl (C=O) groups is 4. The Kier molecular flexibility index (Phi) is 7.32. The third-order valence-corrected chi connectivity index (χ3v) is 8.13. The van der Waals surface area contributed by atoms with Crippen molar-refractivity contribution >= 4 is 34.8 Å². The Bertz CT molecular complexity index is 1330. The van der Waals surface area contributed by atoms with Crippen molar-refractivity contribution in [2.45, 2.75) is 38.3 Å². The normalized spacial score (nSPS) is 26.5. The zero-order valence-electron chi connectivity index (χ0n) is 22.3. The summed E-state index contributed by atoms with van der Waals surface area (Å²) in [5, 5.41) is 47.5. The van der Waals surface area contributed by atoms with Gasteiger partial charge in [0.1, 0.15) is 22.8 Å². The van der Waals surface area contributed by atoms with E-state index in [-0.39, 0.29) is 42.1 Å². The average molecular weight is 543 g/mol. The van der Waals surface area contributed by atoms with E-state index in [0.29, 0.717) is 18.7 Å². The number of aliphatic hydroxyl groups excluding tert-OH is 2. The predicted octanol–water partition coefficient (Wildman–Crippen LogP) is 0.244. The number of benzene rings is 1. The first kappa shape index (κ1) is 28.3. The third-order valence-electron chi connectivity index (χ3n) is 8.13. The number of hydrogen-bond acceptors (Lipinski definition) is 10. The number of phenols is 1. The molecule has 12 nitrogen and oxygen atoms in total. The molecule has 210 valence electrons. The number of nitrogens with two attached hydrogens (primary N) is 1. The molecule has 0 aromatic heterocycles. The maximum Gasteiger partial charge on any atom is 0.255 e. The summed E-state index contributed by atoms with van der Waals surface area (Å²) in [5.74, 6) is -7.55. The third kappa shape index (κ3) is 4.28. The number of ketones is 2. The molecular weight excluding hydrogens is 508 g/mol. The largest absolute Gasteiger partial charge is 0.508 e. The molecule has 0 bridgehead atoms. The summed E-state index contributed by atoms with van der Waals surface area (Å²) in [5.41, 5.74) is 1.98. The number of phenolic OH excluding ortho intramolecular Hbond substituents is 1. The Morgan fingerprint density at radius 1 is 1.13 bits per heavy atom. The molecule has 0 radical (unpaired) electrons. The van der Waals surface area contributed by atoms with Gasteiger partial charge >= 0.3 is 0 Å². The molecule has 1 fully saturated rings. The number of aromatic hydroxyl groups is 1. The summed E-state index contributed by atoms with van der Waals surface area (Å²) >= 11 is 0. The number of fused-ring (bicyclic) bond motifs is 3. The maximum absolute atomic E-state index is 13.8. The molecule has 7 N–H and O–H groups in total. The fourth-order valence-corrected chi connectivity index (χ4v) is 6.16. The van der Waals surface area contributed by atoms with Crippen molar-refractivity contribution in [2.24, 2.45) is 17.6 Å². The number of rotatable bonds is 7. The number of Topliss-reactive ketones (excluding diaryl/α,β-unsaturated/α-hetero) is 2. The molecule has 2 amide bonds. The van der Waals surface area contributed by atoms with E-state index in [4.69, 9.17) is 5.73 Å². The van der Waals surface area contributed by atoms with Crippen LogP contribution in [0.15, 0.2) is 29.0 Å². The quantitative estimate of drug-likeness (QED) is 0.205. The lowest BCUT2D eigenvalue weighted by Gasteiger charge is -2.50. The summed E-state index contributed by atoms with van der Waals surface area (Å²) < 4.78 is 0. The van der Waals surface area contributed by atoms with Crippen LogP contribution in [0.25, 0.3) is 5.76 Å². The number of amides is 2. The van der Waals surface area contributed by atoms with E-state index in [1.165, 1.54) is 11.0 Å². The number of primary amides is 1. The van der Waals surface area contributed by atoms with Crippen molar-refractivity contribution in [1.82, 2.24) is 9.80 Å². The fourth-order valence-electron chi connectivity index (χ4n) is 6.16. The Morgan fingerprint density at radius 2 is 1.77 bits per heavy atom. The maximum atomic E-state index is 13.8. The Morgan fingerprint density at radius 3 is 2.33 bits per heavy atom. The first-order chi connectivity index (χ1) is 18.3. The van der Waals surface area contributed by atoms with Gasteiger partial charge in [0, 0.05) is 11.5 Å². The molecule has 1 aromatic carbocycles. The monoisotopic (exact) mass is 542 g/mol. The van der Waals surface area contributed by atoms with Gasteiger partial charge < -0.3 is 31.5 Å². The minimum absolute atomic E-state index is 0.00881. The van der Waals surface area contributed by atoms with Gasteiger partial charge in [0.25, 0.3) is 5.91 Å². The van der Waals surface area contributed by atoms with Crippen LogP contribution < -0.4 is 11.1 Å². The molecule has 0 aliphatic heterocycles.